The first-order valence-electron chi connectivity index (χ1n) is 4.79. The van der Waals surface area contributed by atoms with Crippen molar-refractivity contribution in [3.63, 3.8) is 0 Å². The Balaban J connectivity index is 0.00000196. The molecule has 0 saturated carbocycles. The Bertz CT molecular complexity index is 285. The van der Waals surface area contributed by atoms with E-state index in [0.29, 0.717) is 0 Å². The summed E-state index contributed by atoms with van der Waals surface area (Å²) in [5, 5.41) is 6.18. The molecular weight excluding hydrogens is 301 g/mol. The average molecular weight is 319 g/mol. The summed E-state index contributed by atoms with van der Waals surface area (Å²) in [5.41, 5.74) is 1.34. The van der Waals surface area contributed by atoms with Crippen LogP contribution in [0.25, 0.3) is 0 Å². The van der Waals surface area contributed by atoms with Gasteiger partial charge in [0.1, 0.15) is 0 Å². The average Bonchev–Trinajstić information content (AvgIpc) is 2.26. The molecule has 0 radical (unpaired) electrons. The van der Waals surface area contributed by atoms with Gasteiger partial charge in [0.05, 0.1) is 0 Å². The molecule has 1 aromatic carbocycles. The molecule has 0 bridgehead atoms. The molecule has 0 heterocycles. The molecule has 2 N–H and O–H groups in total. The predicted octanol–water partition coefficient (Wildman–Crippen LogP) is 1.64. The Hall–Kier alpha value is -0.780. The zero-order chi connectivity index (χ0) is 10.2. The highest BCUT2D eigenvalue weighted by Crippen LogP contribution is 1.97. The molecule has 15 heavy (non-hydrogen) atoms. The molecule has 0 aliphatic rings. The lowest BCUT2D eigenvalue weighted by Crippen LogP contribution is -2.35. The van der Waals surface area contributed by atoms with E-state index >= 15 is 0 Å². The van der Waals surface area contributed by atoms with Crippen LogP contribution in [0.15, 0.2) is 35.3 Å². The van der Waals surface area contributed by atoms with E-state index in [0.717, 1.165) is 18.9 Å². The van der Waals surface area contributed by atoms with E-state index < -0.39 is 0 Å². The first-order chi connectivity index (χ1) is 6.86. The number of aliphatic imine (C=N–C) groups is 1. The van der Waals surface area contributed by atoms with Crippen molar-refractivity contribution in [2.75, 3.05) is 20.6 Å². The Morgan fingerprint density at radius 3 is 2.47 bits per heavy atom. The van der Waals surface area contributed by atoms with Gasteiger partial charge in [-0.2, -0.15) is 0 Å². The first-order valence-corrected chi connectivity index (χ1v) is 4.79. The number of nitrogens with zero attached hydrogens (tertiary/aromatic N) is 1. The smallest absolute Gasteiger partial charge is 0.190 e. The molecule has 0 unspecified atom stereocenters. The lowest BCUT2D eigenvalue weighted by molar-refractivity contribution is 0.834. The summed E-state index contributed by atoms with van der Waals surface area (Å²) in [4.78, 5) is 4.03. The van der Waals surface area contributed by atoms with E-state index in [1.807, 2.05) is 13.1 Å². The van der Waals surface area contributed by atoms with Crippen LogP contribution in [0, 0.1) is 0 Å². The van der Waals surface area contributed by atoms with E-state index in [1.54, 1.807) is 7.05 Å². The Labute approximate surface area is 108 Å². The monoisotopic (exact) mass is 319 g/mol. The highest BCUT2D eigenvalue weighted by atomic mass is 127. The normalized spacial score (nSPS) is 10.4. The molecule has 4 heteroatoms. The molecule has 0 saturated heterocycles. The zero-order valence-electron chi connectivity index (χ0n) is 9.16. The first kappa shape index (κ1) is 14.2. The molecule has 0 spiro atoms. The Morgan fingerprint density at radius 2 is 1.93 bits per heavy atom. The standard InChI is InChI=1S/C11H17N3.HI/c1-12-11(13-2)14-9-8-10-6-4-3-5-7-10;/h3-7H,8-9H2,1-2H3,(H2,12,13,14);1H. The third-order valence-corrected chi connectivity index (χ3v) is 2.01. The molecule has 0 aromatic heterocycles. The van der Waals surface area contributed by atoms with Gasteiger partial charge in [-0.1, -0.05) is 30.3 Å². The maximum atomic E-state index is 4.03. The number of halogens is 1. The van der Waals surface area contributed by atoms with Gasteiger partial charge in [-0.05, 0) is 12.0 Å². The van der Waals surface area contributed by atoms with Crippen LogP contribution < -0.4 is 10.6 Å². The molecule has 1 rings (SSSR count). The quantitative estimate of drug-likeness (QED) is 0.505. The number of hydrogen-bond acceptors (Lipinski definition) is 1. The van der Waals surface area contributed by atoms with Gasteiger partial charge in [0.25, 0.3) is 0 Å². The van der Waals surface area contributed by atoms with Crippen molar-refractivity contribution in [1.82, 2.24) is 10.6 Å². The second-order valence-corrected chi connectivity index (χ2v) is 2.98. The Kier molecular flexibility index (Phi) is 8.08. The highest BCUT2D eigenvalue weighted by molar-refractivity contribution is 14.0. The van der Waals surface area contributed by atoms with E-state index in [2.05, 4.69) is 39.9 Å². The molecule has 0 aliphatic carbocycles. The topological polar surface area (TPSA) is 36.4 Å². The van der Waals surface area contributed by atoms with Gasteiger partial charge >= 0.3 is 0 Å². The maximum absolute atomic E-state index is 4.03. The molecule has 0 amide bonds. The summed E-state index contributed by atoms with van der Waals surface area (Å²) in [6, 6.07) is 10.4. The lowest BCUT2D eigenvalue weighted by Gasteiger charge is -2.07. The van der Waals surface area contributed by atoms with Crippen LogP contribution in [0.5, 0.6) is 0 Å². The number of rotatable bonds is 3. The minimum absolute atomic E-state index is 0. The van der Waals surface area contributed by atoms with Crippen molar-refractivity contribution >= 4 is 29.9 Å². The van der Waals surface area contributed by atoms with Crippen LogP contribution in [-0.2, 0) is 6.42 Å². The number of benzene rings is 1. The summed E-state index contributed by atoms with van der Waals surface area (Å²) >= 11 is 0. The third-order valence-electron chi connectivity index (χ3n) is 2.01. The van der Waals surface area contributed by atoms with Crippen molar-refractivity contribution in [2.24, 2.45) is 4.99 Å². The fourth-order valence-electron chi connectivity index (χ4n) is 1.25. The minimum atomic E-state index is 0. The summed E-state index contributed by atoms with van der Waals surface area (Å²) in [7, 11) is 3.62. The molecule has 0 aliphatic heterocycles. The van der Waals surface area contributed by atoms with Crippen molar-refractivity contribution < 1.29 is 0 Å². The van der Waals surface area contributed by atoms with Crippen LogP contribution in [0.3, 0.4) is 0 Å². The molecular formula is C11H18IN3. The number of hydrogen-bond donors (Lipinski definition) is 2. The van der Waals surface area contributed by atoms with E-state index in [4.69, 9.17) is 0 Å². The number of nitrogens with one attached hydrogen (secondary N) is 2. The zero-order valence-corrected chi connectivity index (χ0v) is 11.5. The summed E-state index contributed by atoms with van der Waals surface area (Å²) in [6.07, 6.45) is 1.02. The summed E-state index contributed by atoms with van der Waals surface area (Å²) in [5.74, 6) is 0.834. The third kappa shape index (κ3) is 5.61. The molecule has 84 valence electrons. The summed E-state index contributed by atoms with van der Waals surface area (Å²) < 4.78 is 0. The van der Waals surface area contributed by atoms with Crippen LogP contribution in [0.2, 0.25) is 0 Å². The van der Waals surface area contributed by atoms with Crippen molar-refractivity contribution in [3.05, 3.63) is 35.9 Å². The van der Waals surface area contributed by atoms with E-state index in [9.17, 15) is 0 Å². The van der Waals surface area contributed by atoms with Crippen LogP contribution in [0.1, 0.15) is 5.56 Å². The lowest BCUT2D eigenvalue weighted by atomic mass is 10.1. The second kappa shape index (κ2) is 8.52. The summed E-state index contributed by atoms with van der Waals surface area (Å²) in [6.45, 7) is 0.900. The van der Waals surface area contributed by atoms with Crippen molar-refractivity contribution in [2.45, 2.75) is 6.42 Å². The van der Waals surface area contributed by atoms with Gasteiger partial charge in [0.15, 0.2) is 5.96 Å². The largest absolute Gasteiger partial charge is 0.359 e. The highest BCUT2D eigenvalue weighted by Gasteiger charge is 1.93. The fraction of sp³-hybridized carbons (Fsp3) is 0.364. The predicted molar refractivity (Wildman–Crippen MR) is 76.0 cm³/mol. The van der Waals surface area contributed by atoms with Crippen molar-refractivity contribution in [3.8, 4) is 0 Å². The van der Waals surface area contributed by atoms with Crippen molar-refractivity contribution in [1.29, 1.82) is 0 Å². The van der Waals surface area contributed by atoms with Gasteiger partial charge in [-0.25, -0.2) is 0 Å². The SMILES string of the molecule is CN=C(NC)NCCc1ccccc1.I. The van der Waals surface area contributed by atoms with Crippen LogP contribution >= 0.6 is 24.0 Å². The minimum Gasteiger partial charge on any atom is -0.359 e. The molecule has 0 fully saturated rings. The molecule has 1 aromatic rings. The molecule has 0 atom stereocenters. The second-order valence-electron chi connectivity index (χ2n) is 2.98. The van der Waals surface area contributed by atoms with E-state index in [-0.39, 0.29) is 24.0 Å². The molecule has 3 nitrogen and oxygen atoms in total. The van der Waals surface area contributed by atoms with Gasteiger partial charge < -0.3 is 10.6 Å². The van der Waals surface area contributed by atoms with Crippen LogP contribution in [-0.4, -0.2) is 26.6 Å². The van der Waals surface area contributed by atoms with Crippen LogP contribution in [0.4, 0.5) is 0 Å². The fourth-order valence-corrected chi connectivity index (χ4v) is 1.25. The van der Waals surface area contributed by atoms with E-state index in [1.165, 1.54) is 5.56 Å². The van der Waals surface area contributed by atoms with Gasteiger partial charge in [0.2, 0.25) is 0 Å². The number of guanidine groups is 1. The van der Waals surface area contributed by atoms with Gasteiger partial charge in [0, 0.05) is 20.6 Å². The van der Waals surface area contributed by atoms with Gasteiger partial charge in [-0.3, -0.25) is 4.99 Å². The maximum Gasteiger partial charge on any atom is 0.190 e. The van der Waals surface area contributed by atoms with Gasteiger partial charge in [-0.15, -0.1) is 24.0 Å². The Morgan fingerprint density at radius 1 is 1.27 bits per heavy atom.